The van der Waals surface area contributed by atoms with E-state index in [0.29, 0.717) is 22.9 Å². The van der Waals surface area contributed by atoms with Gasteiger partial charge in [-0.05, 0) is 50.1 Å². The van der Waals surface area contributed by atoms with E-state index >= 15 is 0 Å². The van der Waals surface area contributed by atoms with Crippen molar-refractivity contribution >= 4 is 15.7 Å². The van der Waals surface area contributed by atoms with Gasteiger partial charge in [0.25, 0.3) is 10.0 Å². The van der Waals surface area contributed by atoms with E-state index in [1.807, 2.05) is 19.1 Å². The fourth-order valence-electron chi connectivity index (χ4n) is 2.21. The highest BCUT2D eigenvalue weighted by molar-refractivity contribution is 7.92. The van der Waals surface area contributed by atoms with E-state index in [1.54, 1.807) is 13.8 Å². The predicted molar refractivity (Wildman–Crippen MR) is 77.8 cm³/mol. The zero-order valence-electron chi connectivity index (χ0n) is 11.9. The largest absolute Gasteiger partial charge is 0.279 e. The Morgan fingerprint density at radius 2 is 1.52 bits per heavy atom. The van der Waals surface area contributed by atoms with Gasteiger partial charge < -0.3 is 0 Å². The molecule has 0 fully saturated rings. The highest BCUT2D eigenvalue weighted by Crippen LogP contribution is 2.26. The van der Waals surface area contributed by atoms with Gasteiger partial charge in [0.05, 0.1) is 5.69 Å². The number of nitrogens with one attached hydrogen (secondary N) is 1. The lowest BCUT2D eigenvalue weighted by Crippen LogP contribution is -2.16. The monoisotopic (exact) mass is 311 g/mol. The van der Waals surface area contributed by atoms with Crippen molar-refractivity contribution in [2.45, 2.75) is 25.7 Å². The van der Waals surface area contributed by atoms with Gasteiger partial charge in [0.1, 0.15) is 16.5 Å². The van der Waals surface area contributed by atoms with Crippen LogP contribution in [0.1, 0.15) is 16.7 Å². The predicted octanol–water partition coefficient (Wildman–Crippen LogP) is 3.69. The van der Waals surface area contributed by atoms with E-state index < -0.39 is 26.6 Å². The Labute approximate surface area is 122 Å². The highest BCUT2D eigenvalue weighted by Gasteiger charge is 2.21. The molecule has 112 valence electrons. The van der Waals surface area contributed by atoms with Crippen LogP contribution in [-0.4, -0.2) is 8.42 Å². The third-order valence-electron chi connectivity index (χ3n) is 3.10. The lowest BCUT2D eigenvalue weighted by Gasteiger charge is -2.14. The molecular formula is C15H15F2NO2S. The SMILES string of the molecule is Cc1cc(C)c(NS(=O)(=O)c2cc(F)ccc2F)c(C)c1. The molecule has 2 aromatic rings. The van der Waals surface area contributed by atoms with Crippen molar-refractivity contribution in [2.24, 2.45) is 0 Å². The summed E-state index contributed by atoms with van der Waals surface area (Å²) in [5, 5.41) is 0. The molecule has 0 saturated heterocycles. The number of hydrogen-bond acceptors (Lipinski definition) is 2. The molecule has 0 radical (unpaired) electrons. The third-order valence-corrected chi connectivity index (χ3v) is 4.46. The Morgan fingerprint density at radius 3 is 2.10 bits per heavy atom. The quantitative estimate of drug-likeness (QED) is 0.939. The second kappa shape index (κ2) is 5.44. The van der Waals surface area contributed by atoms with E-state index in [4.69, 9.17) is 0 Å². The summed E-state index contributed by atoms with van der Waals surface area (Å²) in [5.41, 5.74) is 2.80. The lowest BCUT2D eigenvalue weighted by atomic mass is 10.1. The summed E-state index contributed by atoms with van der Waals surface area (Å²) in [6, 6.07) is 5.95. The molecule has 3 nitrogen and oxygen atoms in total. The van der Waals surface area contributed by atoms with Crippen molar-refractivity contribution in [1.82, 2.24) is 0 Å². The van der Waals surface area contributed by atoms with Crippen molar-refractivity contribution in [3.05, 3.63) is 58.7 Å². The van der Waals surface area contributed by atoms with Gasteiger partial charge >= 0.3 is 0 Å². The Kier molecular flexibility index (Phi) is 4.00. The van der Waals surface area contributed by atoms with E-state index in [0.717, 1.165) is 17.7 Å². The summed E-state index contributed by atoms with van der Waals surface area (Å²) in [7, 11) is -4.19. The molecule has 6 heteroatoms. The summed E-state index contributed by atoms with van der Waals surface area (Å²) in [6.45, 7) is 5.39. The standard InChI is InChI=1S/C15H15F2NO2S/c1-9-6-10(2)15(11(3)7-9)18-21(19,20)14-8-12(16)4-5-13(14)17/h4-8,18H,1-3H3. The maximum atomic E-state index is 13.6. The Hall–Kier alpha value is -1.95. The van der Waals surface area contributed by atoms with Crippen molar-refractivity contribution in [2.75, 3.05) is 4.72 Å². The molecule has 0 saturated carbocycles. The highest BCUT2D eigenvalue weighted by atomic mass is 32.2. The number of halogens is 2. The van der Waals surface area contributed by atoms with Gasteiger partial charge in [0.15, 0.2) is 0 Å². The van der Waals surface area contributed by atoms with Gasteiger partial charge in [-0.3, -0.25) is 4.72 Å². The van der Waals surface area contributed by atoms with Crippen LogP contribution in [0.5, 0.6) is 0 Å². The molecule has 0 aromatic heterocycles. The van der Waals surface area contributed by atoms with Gasteiger partial charge in [0, 0.05) is 0 Å². The van der Waals surface area contributed by atoms with Crippen molar-refractivity contribution in [1.29, 1.82) is 0 Å². The van der Waals surface area contributed by atoms with Crippen LogP contribution in [0.25, 0.3) is 0 Å². The Morgan fingerprint density at radius 1 is 0.952 bits per heavy atom. The number of benzene rings is 2. The number of hydrogen-bond donors (Lipinski definition) is 1. The summed E-state index contributed by atoms with van der Waals surface area (Å²) in [4.78, 5) is -0.707. The van der Waals surface area contributed by atoms with E-state index in [9.17, 15) is 17.2 Å². The number of anilines is 1. The molecule has 0 amide bonds. The topological polar surface area (TPSA) is 46.2 Å². The van der Waals surface area contributed by atoms with E-state index in [1.165, 1.54) is 0 Å². The normalized spacial score (nSPS) is 11.5. The summed E-state index contributed by atoms with van der Waals surface area (Å²) in [6.07, 6.45) is 0. The zero-order valence-corrected chi connectivity index (χ0v) is 12.7. The van der Waals surface area contributed by atoms with Crippen LogP contribution in [-0.2, 0) is 10.0 Å². The summed E-state index contributed by atoms with van der Waals surface area (Å²) >= 11 is 0. The molecule has 0 heterocycles. The Balaban J connectivity index is 2.50. The molecule has 0 aliphatic heterocycles. The molecule has 0 spiro atoms. The van der Waals surface area contributed by atoms with E-state index in [2.05, 4.69) is 4.72 Å². The molecule has 0 atom stereocenters. The molecule has 0 unspecified atom stereocenters. The summed E-state index contributed by atoms with van der Waals surface area (Å²) < 4.78 is 53.6. The van der Waals surface area contributed by atoms with Crippen LogP contribution < -0.4 is 4.72 Å². The summed E-state index contributed by atoms with van der Waals surface area (Å²) in [5.74, 6) is -1.81. The van der Waals surface area contributed by atoms with Crippen LogP contribution in [0.4, 0.5) is 14.5 Å². The van der Waals surface area contributed by atoms with Gasteiger partial charge in [-0.15, -0.1) is 0 Å². The molecule has 0 aliphatic rings. The Bertz CT molecular complexity index is 778. The van der Waals surface area contributed by atoms with Crippen LogP contribution in [0.3, 0.4) is 0 Å². The second-order valence-electron chi connectivity index (χ2n) is 4.95. The van der Waals surface area contributed by atoms with Crippen LogP contribution in [0.2, 0.25) is 0 Å². The third kappa shape index (κ3) is 3.21. The van der Waals surface area contributed by atoms with Crippen LogP contribution >= 0.6 is 0 Å². The number of sulfonamides is 1. The molecule has 0 bridgehead atoms. The maximum Gasteiger partial charge on any atom is 0.264 e. The maximum absolute atomic E-state index is 13.6. The van der Waals surface area contributed by atoms with Gasteiger partial charge in [-0.2, -0.15) is 0 Å². The fourth-order valence-corrected chi connectivity index (χ4v) is 3.51. The number of aryl methyl sites for hydroxylation is 3. The first-order chi connectivity index (χ1) is 9.70. The zero-order chi connectivity index (χ0) is 15.8. The van der Waals surface area contributed by atoms with Gasteiger partial charge in [-0.1, -0.05) is 17.7 Å². The van der Waals surface area contributed by atoms with Crippen molar-refractivity contribution in [3.63, 3.8) is 0 Å². The van der Waals surface area contributed by atoms with Crippen molar-refractivity contribution in [3.8, 4) is 0 Å². The van der Waals surface area contributed by atoms with Gasteiger partial charge in [-0.25, -0.2) is 17.2 Å². The minimum Gasteiger partial charge on any atom is -0.279 e. The minimum absolute atomic E-state index is 0.379. The first kappa shape index (κ1) is 15.4. The molecule has 21 heavy (non-hydrogen) atoms. The molecule has 1 N–H and O–H groups in total. The average Bonchev–Trinajstić information content (AvgIpc) is 2.36. The number of rotatable bonds is 3. The minimum atomic E-state index is -4.19. The lowest BCUT2D eigenvalue weighted by molar-refractivity contribution is 0.555. The molecule has 2 aromatic carbocycles. The second-order valence-corrected chi connectivity index (χ2v) is 6.60. The molecule has 2 rings (SSSR count). The smallest absolute Gasteiger partial charge is 0.264 e. The van der Waals surface area contributed by atoms with Gasteiger partial charge in [0.2, 0.25) is 0 Å². The molecular weight excluding hydrogens is 296 g/mol. The average molecular weight is 311 g/mol. The fraction of sp³-hybridized carbons (Fsp3) is 0.200. The van der Waals surface area contributed by atoms with Crippen molar-refractivity contribution < 1.29 is 17.2 Å². The van der Waals surface area contributed by atoms with Crippen LogP contribution in [0, 0.1) is 32.4 Å². The van der Waals surface area contributed by atoms with Crippen LogP contribution in [0.15, 0.2) is 35.2 Å². The van der Waals surface area contributed by atoms with E-state index in [-0.39, 0.29) is 0 Å². The first-order valence-corrected chi connectivity index (χ1v) is 7.75. The first-order valence-electron chi connectivity index (χ1n) is 6.26. The molecule has 0 aliphatic carbocycles.